The number of piperidine rings is 1. The zero-order chi connectivity index (χ0) is 14.3. The number of rotatable bonds is 2. The number of nitrogens with zero attached hydrogens (tertiary/aromatic N) is 1. The van der Waals surface area contributed by atoms with Gasteiger partial charge in [0.15, 0.2) is 0 Å². The Labute approximate surface area is 118 Å². The summed E-state index contributed by atoms with van der Waals surface area (Å²) in [7, 11) is 1.55. The fraction of sp³-hybridized carbons (Fsp3) is 0.533. The minimum absolute atomic E-state index is 0.0337. The van der Waals surface area contributed by atoms with E-state index in [9.17, 15) is 9.90 Å². The lowest BCUT2D eigenvalue weighted by Crippen LogP contribution is -2.48. The van der Waals surface area contributed by atoms with Crippen molar-refractivity contribution in [1.82, 2.24) is 4.90 Å². The molecule has 2 fully saturated rings. The van der Waals surface area contributed by atoms with Crippen LogP contribution < -0.4 is 10.5 Å². The Morgan fingerprint density at radius 3 is 2.60 bits per heavy atom. The van der Waals surface area contributed by atoms with Gasteiger partial charge in [-0.3, -0.25) is 4.79 Å². The van der Waals surface area contributed by atoms with Crippen LogP contribution in [0, 0.1) is 0 Å². The highest BCUT2D eigenvalue weighted by Gasteiger charge is 2.43. The van der Waals surface area contributed by atoms with Gasteiger partial charge in [-0.1, -0.05) is 0 Å². The molecule has 5 nitrogen and oxygen atoms in total. The second-order valence-electron chi connectivity index (χ2n) is 5.68. The number of methoxy groups -OCH3 is 1. The number of hydrogen-bond donors (Lipinski definition) is 2. The predicted molar refractivity (Wildman–Crippen MR) is 75.6 cm³/mol. The molecule has 0 saturated carbocycles. The summed E-state index contributed by atoms with van der Waals surface area (Å²) in [4.78, 5) is 14.7. The number of ether oxygens (including phenoxy) is 1. The van der Waals surface area contributed by atoms with Crippen molar-refractivity contribution < 1.29 is 14.6 Å². The van der Waals surface area contributed by atoms with Gasteiger partial charge in [0.25, 0.3) is 5.91 Å². The van der Waals surface area contributed by atoms with Gasteiger partial charge in [-0.25, -0.2) is 0 Å². The van der Waals surface area contributed by atoms with E-state index in [0.29, 0.717) is 29.8 Å². The summed E-state index contributed by atoms with van der Waals surface area (Å²) in [5, 5.41) is 9.82. The minimum Gasteiger partial charge on any atom is -0.496 e. The van der Waals surface area contributed by atoms with Crippen molar-refractivity contribution in [2.45, 2.75) is 43.9 Å². The van der Waals surface area contributed by atoms with E-state index in [1.807, 2.05) is 4.90 Å². The maximum atomic E-state index is 12.8. The van der Waals surface area contributed by atoms with Crippen LogP contribution in [0.3, 0.4) is 0 Å². The van der Waals surface area contributed by atoms with E-state index < -0.39 is 0 Å². The van der Waals surface area contributed by atoms with Gasteiger partial charge in [0.2, 0.25) is 0 Å². The molecule has 2 atom stereocenters. The number of aliphatic hydroxyl groups excluding tert-OH is 1. The molecular weight excluding hydrogens is 256 g/mol. The lowest BCUT2D eigenvalue weighted by molar-refractivity contribution is 0.0285. The van der Waals surface area contributed by atoms with Crippen molar-refractivity contribution in [3.05, 3.63) is 23.8 Å². The molecule has 2 unspecified atom stereocenters. The molecule has 0 aliphatic carbocycles. The molecule has 108 valence electrons. The average Bonchev–Trinajstić information content (AvgIpc) is 2.70. The van der Waals surface area contributed by atoms with Gasteiger partial charge >= 0.3 is 0 Å². The normalized spacial score (nSPS) is 28.5. The standard InChI is InChI=1S/C15H20N2O3/c1-20-14-5-2-9(16)6-13(14)15(19)17-10-3-4-11(17)8-12(18)7-10/h2,5-6,10-12,18H,3-4,7-8,16H2,1H3. The maximum absolute atomic E-state index is 12.8. The van der Waals surface area contributed by atoms with Gasteiger partial charge in [0.1, 0.15) is 5.75 Å². The Morgan fingerprint density at radius 2 is 2.00 bits per heavy atom. The number of nitrogen functional groups attached to an aromatic ring is 1. The third-order valence-corrected chi connectivity index (χ3v) is 4.40. The first-order valence-electron chi connectivity index (χ1n) is 7.04. The second kappa shape index (κ2) is 4.98. The zero-order valence-corrected chi connectivity index (χ0v) is 11.6. The molecule has 2 heterocycles. The van der Waals surface area contributed by atoms with Crippen LogP contribution in [0.4, 0.5) is 5.69 Å². The van der Waals surface area contributed by atoms with E-state index >= 15 is 0 Å². The van der Waals surface area contributed by atoms with Gasteiger partial charge < -0.3 is 20.5 Å². The van der Waals surface area contributed by atoms with Crippen LogP contribution in [-0.4, -0.2) is 41.2 Å². The highest BCUT2D eigenvalue weighted by molar-refractivity contribution is 5.98. The molecule has 0 aromatic heterocycles. The van der Waals surface area contributed by atoms with Gasteiger partial charge in [0.05, 0.1) is 18.8 Å². The van der Waals surface area contributed by atoms with Crippen LogP contribution >= 0.6 is 0 Å². The van der Waals surface area contributed by atoms with Crippen LogP contribution in [0.1, 0.15) is 36.0 Å². The lowest BCUT2D eigenvalue weighted by atomic mass is 9.98. The van der Waals surface area contributed by atoms with Crippen LogP contribution in [0.5, 0.6) is 5.75 Å². The first kappa shape index (κ1) is 13.2. The number of benzene rings is 1. The summed E-state index contributed by atoms with van der Waals surface area (Å²) < 4.78 is 5.27. The Morgan fingerprint density at radius 1 is 1.35 bits per heavy atom. The summed E-state index contributed by atoms with van der Waals surface area (Å²) in [6.45, 7) is 0. The molecule has 5 heteroatoms. The minimum atomic E-state index is -0.278. The molecule has 1 aromatic carbocycles. The zero-order valence-electron chi connectivity index (χ0n) is 11.6. The molecule has 1 amide bonds. The number of hydrogen-bond acceptors (Lipinski definition) is 4. The van der Waals surface area contributed by atoms with Crippen LogP contribution in [0.25, 0.3) is 0 Å². The Balaban J connectivity index is 1.92. The molecular formula is C15H20N2O3. The fourth-order valence-corrected chi connectivity index (χ4v) is 3.51. The van der Waals surface area contributed by atoms with Crippen molar-refractivity contribution in [2.24, 2.45) is 0 Å². The number of carbonyl (C=O) groups is 1. The quantitative estimate of drug-likeness (QED) is 0.801. The number of aliphatic hydroxyl groups is 1. The second-order valence-corrected chi connectivity index (χ2v) is 5.68. The molecule has 3 rings (SSSR count). The topological polar surface area (TPSA) is 75.8 Å². The van der Waals surface area contributed by atoms with Gasteiger partial charge in [0, 0.05) is 17.8 Å². The van der Waals surface area contributed by atoms with Crippen molar-refractivity contribution in [2.75, 3.05) is 12.8 Å². The first-order chi connectivity index (χ1) is 9.60. The molecule has 1 aromatic rings. The van der Waals surface area contributed by atoms with Crippen LogP contribution in [0.15, 0.2) is 18.2 Å². The van der Waals surface area contributed by atoms with Gasteiger partial charge in [-0.15, -0.1) is 0 Å². The molecule has 3 N–H and O–H groups in total. The summed E-state index contributed by atoms with van der Waals surface area (Å²) in [6, 6.07) is 5.41. The van der Waals surface area contributed by atoms with Crippen LogP contribution in [0.2, 0.25) is 0 Å². The van der Waals surface area contributed by atoms with Crippen LogP contribution in [-0.2, 0) is 0 Å². The van der Waals surface area contributed by atoms with E-state index in [2.05, 4.69) is 0 Å². The maximum Gasteiger partial charge on any atom is 0.258 e. The van der Waals surface area contributed by atoms with Crippen molar-refractivity contribution in [3.8, 4) is 5.75 Å². The number of nitrogens with two attached hydrogens (primary N) is 1. The van der Waals surface area contributed by atoms with Crippen molar-refractivity contribution in [1.29, 1.82) is 0 Å². The highest BCUT2D eigenvalue weighted by Crippen LogP contribution is 2.38. The average molecular weight is 276 g/mol. The molecule has 0 radical (unpaired) electrons. The van der Waals surface area contributed by atoms with E-state index in [1.165, 1.54) is 0 Å². The number of carbonyl (C=O) groups excluding carboxylic acids is 1. The van der Waals surface area contributed by atoms with E-state index in [-0.39, 0.29) is 24.1 Å². The molecule has 2 aliphatic rings. The van der Waals surface area contributed by atoms with E-state index in [0.717, 1.165) is 12.8 Å². The lowest BCUT2D eigenvalue weighted by Gasteiger charge is -2.37. The SMILES string of the molecule is COc1ccc(N)cc1C(=O)N1C2CCC1CC(O)C2. The van der Waals surface area contributed by atoms with E-state index in [4.69, 9.17) is 10.5 Å². The first-order valence-corrected chi connectivity index (χ1v) is 7.04. The number of fused-ring (bicyclic) bond motifs is 2. The summed E-state index contributed by atoms with van der Waals surface area (Å²) >= 11 is 0. The molecule has 2 saturated heterocycles. The summed E-state index contributed by atoms with van der Waals surface area (Å²) in [5.41, 5.74) is 6.86. The fourth-order valence-electron chi connectivity index (χ4n) is 3.51. The predicted octanol–water partition coefficient (Wildman–Crippen LogP) is 1.41. The highest BCUT2D eigenvalue weighted by atomic mass is 16.5. The monoisotopic (exact) mass is 276 g/mol. The van der Waals surface area contributed by atoms with Gasteiger partial charge in [-0.05, 0) is 43.9 Å². The molecule has 0 spiro atoms. The summed E-state index contributed by atoms with van der Waals surface area (Å²) in [6.07, 6.45) is 3.01. The van der Waals surface area contributed by atoms with E-state index in [1.54, 1.807) is 25.3 Å². The molecule has 2 bridgehead atoms. The van der Waals surface area contributed by atoms with Gasteiger partial charge in [-0.2, -0.15) is 0 Å². The molecule has 20 heavy (non-hydrogen) atoms. The third kappa shape index (κ3) is 2.12. The Bertz CT molecular complexity index is 518. The largest absolute Gasteiger partial charge is 0.496 e. The Hall–Kier alpha value is -1.75. The van der Waals surface area contributed by atoms with Crippen molar-refractivity contribution >= 4 is 11.6 Å². The summed E-state index contributed by atoms with van der Waals surface area (Å²) in [5.74, 6) is 0.517. The smallest absolute Gasteiger partial charge is 0.258 e. The Kier molecular flexibility index (Phi) is 3.30. The van der Waals surface area contributed by atoms with Crippen molar-refractivity contribution in [3.63, 3.8) is 0 Å². The third-order valence-electron chi connectivity index (χ3n) is 4.40. The number of anilines is 1. The molecule has 2 aliphatic heterocycles. The number of amides is 1.